The average molecular weight is 617 g/mol. The molecule has 0 radical (unpaired) electrons. The van der Waals surface area contributed by atoms with Crippen molar-refractivity contribution < 1.29 is 42.2 Å². The lowest BCUT2D eigenvalue weighted by Gasteiger charge is -2.21. The molecule has 0 spiro atoms. The lowest BCUT2D eigenvalue weighted by Crippen LogP contribution is -2.33. The monoisotopic (exact) mass is 616 g/mol. The van der Waals surface area contributed by atoms with Crippen molar-refractivity contribution in [1.29, 1.82) is 0 Å². The molecule has 4 amide bonds. The van der Waals surface area contributed by atoms with Gasteiger partial charge in [-0.3, -0.25) is 19.3 Å². The van der Waals surface area contributed by atoms with E-state index in [0.29, 0.717) is 15.1 Å². The van der Waals surface area contributed by atoms with E-state index in [-0.39, 0.29) is 23.4 Å². The molecule has 0 saturated carbocycles. The standard InChI is InChI=1S/C27H19F3N4O6S2/c28-27(29,30)40-16-5-3-15(4-6-16)31-25(39)33-22(14-2-8-19-20(12-14)42-26(41)32-19)13-1-7-17-18(11-13)24(38)34(23(17)37)10-9-21(35)36/h1-8,11-12,22H,9-10H2,(H,32,41)(H,35,36)(H2,31,33,39). The molecule has 0 saturated heterocycles. The number of carbonyl (C=O) groups is 4. The number of ether oxygens (including phenoxy) is 1. The van der Waals surface area contributed by atoms with Gasteiger partial charge in [-0.15, -0.1) is 24.5 Å². The number of aromatic amines is 1. The van der Waals surface area contributed by atoms with Crippen LogP contribution in [0.15, 0.2) is 60.7 Å². The van der Waals surface area contributed by atoms with Gasteiger partial charge >= 0.3 is 18.4 Å². The number of nitrogens with zero attached hydrogens (tertiary/aromatic N) is 1. The number of carboxylic acids is 1. The van der Waals surface area contributed by atoms with Crippen molar-refractivity contribution in [3.8, 4) is 5.75 Å². The third-order valence-electron chi connectivity index (χ3n) is 6.28. The zero-order valence-electron chi connectivity index (χ0n) is 21.2. The van der Waals surface area contributed by atoms with Gasteiger partial charge in [0, 0.05) is 12.2 Å². The number of amides is 4. The van der Waals surface area contributed by atoms with Crippen molar-refractivity contribution in [3.05, 3.63) is 86.9 Å². The molecule has 0 aliphatic carbocycles. The summed E-state index contributed by atoms with van der Waals surface area (Å²) in [4.78, 5) is 53.7. The third kappa shape index (κ3) is 6.26. The van der Waals surface area contributed by atoms with Gasteiger partial charge in [0.15, 0.2) is 3.95 Å². The number of aliphatic carboxylic acids is 1. The predicted molar refractivity (Wildman–Crippen MR) is 148 cm³/mol. The summed E-state index contributed by atoms with van der Waals surface area (Å²) in [6, 6.07) is 12.8. The van der Waals surface area contributed by atoms with Crippen molar-refractivity contribution in [1.82, 2.24) is 15.2 Å². The van der Waals surface area contributed by atoms with Gasteiger partial charge < -0.3 is 25.5 Å². The molecule has 5 rings (SSSR count). The molecular weight excluding hydrogens is 597 g/mol. The van der Waals surface area contributed by atoms with E-state index in [4.69, 9.17) is 17.3 Å². The quantitative estimate of drug-likeness (QED) is 0.144. The van der Waals surface area contributed by atoms with Crippen LogP contribution in [-0.4, -0.2) is 51.7 Å². The first-order chi connectivity index (χ1) is 19.9. The number of H-pyrrole nitrogens is 1. The van der Waals surface area contributed by atoms with Crippen molar-refractivity contribution in [2.45, 2.75) is 18.8 Å². The van der Waals surface area contributed by atoms with Crippen LogP contribution in [0.5, 0.6) is 5.75 Å². The summed E-state index contributed by atoms with van der Waals surface area (Å²) >= 11 is 6.54. The van der Waals surface area contributed by atoms with E-state index >= 15 is 0 Å². The van der Waals surface area contributed by atoms with E-state index in [9.17, 15) is 32.3 Å². The molecule has 0 bridgehead atoms. The molecule has 42 heavy (non-hydrogen) atoms. The van der Waals surface area contributed by atoms with Crippen LogP contribution in [0.3, 0.4) is 0 Å². The molecule has 216 valence electrons. The van der Waals surface area contributed by atoms with E-state index < -0.39 is 48.4 Å². The molecule has 15 heteroatoms. The largest absolute Gasteiger partial charge is 0.573 e. The van der Waals surface area contributed by atoms with Crippen LogP contribution in [0.4, 0.5) is 23.7 Å². The van der Waals surface area contributed by atoms with Gasteiger partial charge in [0.05, 0.1) is 33.8 Å². The number of halogens is 3. The first kappa shape index (κ1) is 28.8. The van der Waals surface area contributed by atoms with E-state index in [2.05, 4.69) is 20.4 Å². The lowest BCUT2D eigenvalue weighted by molar-refractivity contribution is -0.274. The highest BCUT2D eigenvalue weighted by molar-refractivity contribution is 7.73. The molecule has 0 fully saturated rings. The van der Waals surface area contributed by atoms with E-state index in [1.807, 2.05) is 0 Å². The molecule has 1 aliphatic rings. The molecule has 1 aliphatic heterocycles. The molecule has 2 heterocycles. The van der Waals surface area contributed by atoms with Gasteiger partial charge in [-0.2, -0.15) is 0 Å². The smallest absolute Gasteiger partial charge is 0.481 e. The highest BCUT2D eigenvalue weighted by Gasteiger charge is 2.36. The van der Waals surface area contributed by atoms with Gasteiger partial charge in [0.2, 0.25) is 0 Å². The van der Waals surface area contributed by atoms with Crippen molar-refractivity contribution in [2.75, 3.05) is 11.9 Å². The van der Waals surface area contributed by atoms with Crippen LogP contribution in [0.25, 0.3) is 10.2 Å². The number of fused-ring (bicyclic) bond motifs is 2. The number of carboxylic acid groups (broad SMARTS) is 1. The highest BCUT2D eigenvalue weighted by Crippen LogP contribution is 2.32. The number of urea groups is 1. The number of hydrogen-bond donors (Lipinski definition) is 4. The molecule has 3 aromatic carbocycles. The van der Waals surface area contributed by atoms with E-state index in [1.165, 1.54) is 35.6 Å². The summed E-state index contributed by atoms with van der Waals surface area (Å²) in [5.74, 6) is -2.88. The Balaban J connectivity index is 1.44. The first-order valence-electron chi connectivity index (χ1n) is 12.2. The fourth-order valence-corrected chi connectivity index (χ4v) is 5.60. The van der Waals surface area contributed by atoms with Crippen LogP contribution < -0.4 is 15.4 Å². The number of imide groups is 1. The second-order valence-corrected chi connectivity index (χ2v) is 10.8. The second-order valence-electron chi connectivity index (χ2n) is 9.08. The zero-order chi connectivity index (χ0) is 30.2. The summed E-state index contributed by atoms with van der Waals surface area (Å²) in [5, 5.41) is 14.3. The normalized spacial score (nSPS) is 13.6. The van der Waals surface area contributed by atoms with E-state index in [0.717, 1.165) is 27.2 Å². The Morgan fingerprint density at radius 3 is 2.36 bits per heavy atom. The third-order valence-corrected chi connectivity index (χ3v) is 7.47. The number of anilines is 1. The minimum Gasteiger partial charge on any atom is -0.481 e. The fraction of sp³-hybridized carbons (Fsp3) is 0.148. The molecule has 1 aromatic heterocycles. The van der Waals surface area contributed by atoms with Gasteiger partial charge in [0.25, 0.3) is 11.8 Å². The van der Waals surface area contributed by atoms with Crippen LogP contribution >= 0.6 is 23.6 Å². The maximum absolute atomic E-state index is 13.1. The first-order valence-corrected chi connectivity index (χ1v) is 13.4. The van der Waals surface area contributed by atoms with Crippen molar-refractivity contribution in [2.24, 2.45) is 0 Å². The fourth-order valence-electron chi connectivity index (χ4n) is 4.44. The maximum atomic E-state index is 13.1. The Morgan fingerprint density at radius 2 is 1.67 bits per heavy atom. The minimum absolute atomic E-state index is 0.0636. The van der Waals surface area contributed by atoms with Crippen LogP contribution in [-0.2, 0) is 4.79 Å². The maximum Gasteiger partial charge on any atom is 0.573 e. The minimum atomic E-state index is -4.86. The number of aromatic nitrogens is 1. The van der Waals surface area contributed by atoms with Crippen molar-refractivity contribution in [3.63, 3.8) is 0 Å². The summed E-state index contributed by atoms with van der Waals surface area (Å²) < 4.78 is 42.6. The number of carbonyl (C=O) groups excluding carboxylic acids is 3. The number of benzene rings is 3. The van der Waals surface area contributed by atoms with Gasteiger partial charge in [-0.05, 0) is 71.9 Å². The van der Waals surface area contributed by atoms with Gasteiger partial charge in [-0.25, -0.2) is 4.79 Å². The molecular formula is C27H19F3N4O6S2. The second kappa shape index (κ2) is 11.3. The van der Waals surface area contributed by atoms with Gasteiger partial charge in [0.1, 0.15) is 5.75 Å². The Kier molecular flexibility index (Phi) is 7.71. The predicted octanol–water partition coefficient (Wildman–Crippen LogP) is 5.84. The Morgan fingerprint density at radius 1 is 1.00 bits per heavy atom. The highest BCUT2D eigenvalue weighted by atomic mass is 32.1. The lowest BCUT2D eigenvalue weighted by atomic mass is 9.95. The van der Waals surface area contributed by atoms with Crippen LogP contribution in [0, 0.1) is 3.95 Å². The molecule has 1 atom stereocenters. The topological polar surface area (TPSA) is 141 Å². The number of rotatable bonds is 8. The van der Waals surface area contributed by atoms with Crippen LogP contribution in [0.2, 0.25) is 0 Å². The van der Waals surface area contributed by atoms with Gasteiger partial charge in [-0.1, -0.05) is 12.1 Å². The van der Waals surface area contributed by atoms with Crippen molar-refractivity contribution >= 4 is 63.3 Å². The molecule has 1 unspecified atom stereocenters. The summed E-state index contributed by atoms with van der Waals surface area (Å²) in [6.07, 6.45) is -5.27. The average Bonchev–Trinajstić information content (AvgIpc) is 3.41. The number of nitrogens with one attached hydrogen (secondary N) is 3. The Bertz CT molecular complexity index is 1790. The molecule has 4 aromatic rings. The Hall–Kier alpha value is -4.76. The SMILES string of the molecule is O=C(O)CCN1C(=O)c2ccc(C(NC(=O)Nc3ccc(OC(F)(F)F)cc3)c3ccc4[nH]c(=S)sc4c3)cc2C1=O. The number of alkyl halides is 3. The summed E-state index contributed by atoms with van der Waals surface area (Å²) in [7, 11) is 0. The van der Waals surface area contributed by atoms with Crippen LogP contribution in [0.1, 0.15) is 44.3 Å². The molecule has 4 N–H and O–H groups in total. The van der Waals surface area contributed by atoms with E-state index in [1.54, 1.807) is 24.3 Å². The number of thiazole rings is 1. The Labute approximate surface area is 243 Å². The number of hydrogen-bond acceptors (Lipinski definition) is 7. The summed E-state index contributed by atoms with van der Waals surface area (Å²) in [5.41, 5.74) is 2.19. The molecule has 10 nitrogen and oxygen atoms in total. The zero-order valence-corrected chi connectivity index (χ0v) is 22.8. The summed E-state index contributed by atoms with van der Waals surface area (Å²) in [6.45, 7) is -0.289.